The van der Waals surface area contributed by atoms with Crippen molar-refractivity contribution in [1.82, 2.24) is 0 Å². The maximum Gasteiger partial charge on any atom is 0.202 e. The van der Waals surface area contributed by atoms with E-state index in [4.69, 9.17) is 9.84 Å². The summed E-state index contributed by atoms with van der Waals surface area (Å²) in [6, 6.07) is 5.80. The van der Waals surface area contributed by atoms with Gasteiger partial charge < -0.3 is 25.2 Å². The molecule has 148 valence electrons. The predicted molar refractivity (Wildman–Crippen MR) is 99.3 cm³/mol. The Bertz CT molecular complexity index is 1140. The standard InChI is InChI=1S/C21H16O8/c1-29-13-4-2-3-10-16(13)20(27)17-11(18(10)25)5-9-6-21(28,14(24)8-22)7-12(23)15(9)19(17)26/h2-5,7,22-23,26,28H,6,8H2,1H3. The normalized spacial score (nSPS) is 19.8. The number of aliphatic hydroxyl groups excluding tert-OH is 2. The zero-order valence-electron chi connectivity index (χ0n) is 15.2. The van der Waals surface area contributed by atoms with Crippen LogP contribution in [0.25, 0.3) is 5.76 Å². The number of hydrogen-bond acceptors (Lipinski definition) is 8. The molecule has 1 atom stereocenters. The van der Waals surface area contributed by atoms with E-state index < -0.39 is 41.1 Å². The summed E-state index contributed by atoms with van der Waals surface area (Å²) in [6.45, 7) is -0.961. The summed E-state index contributed by atoms with van der Waals surface area (Å²) in [7, 11) is 1.35. The van der Waals surface area contributed by atoms with Gasteiger partial charge in [-0.05, 0) is 23.8 Å². The highest BCUT2D eigenvalue weighted by atomic mass is 16.5. The summed E-state index contributed by atoms with van der Waals surface area (Å²) in [4.78, 5) is 38.0. The van der Waals surface area contributed by atoms with Gasteiger partial charge in [0.05, 0.1) is 23.8 Å². The van der Waals surface area contributed by atoms with E-state index in [1.54, 1.807) is 6.07 Å². The lowest BCUT2D eigenvalue weighted by Crippen LogP contribution is -2.43. The van der Waals surface area contributed by atoms with Crippen LogP contribution in [0, 0.1) is 0 Å². The van der Waals surface area contributed by atoms with Gasteiger partial charge in [-0.2, -0.15) is 0 Å². The molecule has 0 spiro atoms. The van der Waals surface area contributed by atoms with Crippen molar-refractivity contribution in [3.05, 3.63) is 63.7 Å². The third-order valence-corrected chi connectivity index (χ3v) is 5.29. The molecule has 8 nitrogen and oxygen atoms in total. The first-order valence-corrected chi connectivity index (χ1v) is 8.67. The number of rotatable bonds is 3. The van der Waals surface area contributed by atoms with Gasteiger partial charge in [0.25, 0.3) is 0 Å². The van der Waals surface area contributed by atoms with Gasteiger partial charge in [-0.3, -0.25) is 14.4 Å². The smallest absolute Gasteiger partial charge is 0.202 e. The molecule has 2 aromatic carbocycles. The number of fused-ring (bicyclic) bond motifs is 3. The number of methoxy groups -OCH3 is 1. The Hall–Kier alpha value is -3.49. The summed E-state index contributed by atoms with van der Waals surface area (Å²) >= 11 is 0. The minimum atomic E-state index is -2.20. The van der Waals surface area contributed by atoms with Crippen LogP contribution in [0.4, 0.5) is 0 Å². The SMILES string of the molecule is COc1cccc2c1C(=O)c1c(cc3c(c1O)C(O)=CC(O)(C(=O)CO)C3)C2=O. The number of carbonyl (C=O) groups is 3. The number of phenolic OH excluding ortho intramolecular Hbond substituents is 1. The Morgan fingerprint density at radius 2 is 1.83 bits per heavy atom. The summed E-state index contributed by atoms with van der Waals surface area (Å²) in [6.07, 6.45) is 0.419. The topological polar surface area (TPSA) is 141 Å². The van der Waals surface area contributed by atoms with Crippen LogP contribution in [0.15, 0.2) is 30.3 Å². The number of carbonyl (C=O) groups excluding carboxylic acids is 3. The van der Waals surface area contributed by atoms with Gasteiger partial charge in [-0.1, -0.05) is 12.1 Å². The Morgan fingerprint density at radius 1 is 1.10 bits per heavy atom. The summed E-state index contributed by atoms with van der Waals surface area (Å²) < 4.78 is 5.18. The van der Waals surface area contributed by atoms with Crippen LogP contribution in [0.5, 0.6) is 11.5 Å². The Labute approximate surface area is 164 Å². The Balaban J connectivity index is 1.97. The molecule has 4 N–H and O–H groups in total. The molecule has 0 aliphatic heterocycles. The zero-order chi connectivity index (χ0) is 21.1. The molecule has 2 aliphatic rings. The third-order valence-electron chi connectivity index (χ3n) is 5.29. The molecule has 4 rings (SSSR count). The fraction of sp³-hybridized carbons (Fsp3) is 0.190. The number of aromatic hydroxyl groups is 1. The van der Waals surface area contributed by atoms with Crippen molar-refractivity contribution >= 4 is 23.1 Å². The maximum absolute atomic E-state index is 13.1. The van der Waals surface area contributed by atoms with Gasteiger partial charge >= 0.3 is 0 Å². The van der Waals surface area contributed by atoms with Gasteiger partial charge in [0.1, 0.15) is 23.9 Å². The number of aliphatic hydroxyl groups is 3. The average Bonchev–Trinajstić information content (AvgIpc) is 2.69. The van der Waals surface area contributed by atoms with Crippen molar-refractivity contribution in [2.75, 3.05) is 13.7 Å². The lowest BCUT2D eigenvalue weighted by atomic mass is 9.76. The van der Waals surface area contributed by atoms with E-state index in [1.807, 2.05) is 0 Å². The summed E-state index contributed by atoms with van der Waals surface area (Å²) in [5.41, 5.74) is -2.55. The molecular weight excluding hydrogens is 380 g/mol. The minimum Gasteiger partial charge on any atom is -0.507 e. The maximum atomic E-state index is 13.1. The summed E-state index contributed by atoms with van der Waals surface area (Å²) in [5.74, 6) is -3.23. The molecule has 1 unspecified atom stereocenters. The number of ether oxygens (including phenoxy) is 1. The fourth-order valence-corrected chi connectivity index (χ4v) is 3.91. The van der Waals surface area contributed by atoms with Crippen molar-refractivity contribution in [3.63, 3.8) is 0 Å². The van der Waals surface area contributed by atoms with E-state index in [2.05, 4.69) is 0 Å². The van der Waals surface area contributed by atoms with E-state index in [0.717, 1.165) is 6.08 Å². The van der Waals surface area contributed by atoms with E-state index in [-0.39, 0.29) is 45.6 Å². The number of phenols is 1. The van der Waals surface area contributed by atoms with Gasteiger partial charge in [-0.25, -0.2) is 0 Å². The quantitative estimate of drug-likeness (QED) is 0.512. The van der Waals surface area contributed by atoms with Gasteiger partial charge in [0, 0.05) is 17.5 Å². The molecule has 8 heteroatoms. The van der Waals surface area contributed by atoms with Crippen LogP contribution >= 0.6 is 0 Å². The average molecular weight is 396 g/mol. The van der Waals surface area contributed by atoms with E-state index >= 15 is 0 Å². The molecule has 0 radical (unpaired) electrons. The highest BCUT2D eigenvalue weighted by Gasteiger charge is 2.42. The minimum absolute atomic E-state index is 0.00833. The molecule has 0 saturated carbocycles. The van der Waals surface area contributed by atoms with E-state index in [0.29, 0.717) is 0 Å². The van der Waals surface area contributed by atoms with Crippen molar-refractivity contribution in [3.8, 4) is 11.5 Å². The number of Topliss-reactive ketones (excluding diaryl/α,β-unsaturated/α-hetero) is 1. The van der Waals surface area contributed by atoms with Crippen LogP contribution in [0.2, 0.25) is 0 Å². The van der Waals surface area contributed by atoms with E-state index in [1.165, 1.54) is 25.3 Å². The van der Waals surface area contributed by atoms with Crippen molar-refractivity contribution < 1.29 is 39.5 Å². The fourth-order valence-electron chi connectivity index (χ4n) is 3.91. The molecule has 0 amide bonds. The van der Waals surface area contributed by atoms with Crippen molar-refractivity contribution in [2.24, 2.45) is 0 Å². The van der Waals surface area contributed by atoms with E-state index in [9.17, 15) is 29.7 Å². The van der Waals surface area contributed by atoms with Crippen LogP contribution in [0.3, 0.4) is 0 Å². The van der Waals surface area contributed by atoms with Crippen LogP contribution in [-0.4, -0.2) is 57.1 Å². The molecule has 0 bridgehead atoms. The molecule has 29 heavy (non-hydrogen) atoms. The lowest BCUT2D eigenvalue weighted by molar-refractivity contribution is -0.135. The second kappa shape index (κ2) is 6.26. The first kappa shape index (κ1) is 18.9. The molecular formula is C21H16O8. The highest BCUT2D eigenvalue weighted by molar-refractivity contribution is 6.30. The van der Waals surface area contributed by atoms with Gasteiger partial charge in [0.15, 0.2) is 17.2 Å². The third kappa shape index (κ3) is 2.50. The largest absolute Gasteiger partial charge is 0.507 e. The molecule has 2 aliphatic carbocycles. The highest BCUT2D eigenvalue weighted by Crippen LogP contribution is 2.44. The van der Waals surface area contributed by atoms with Crippen LogP contribution in [-0.2, 0) is 11.2 Å². The number of ketones is 3. The predicted octanol–water partition coefficient (Wildman–Crippen LogP) is 0.924. The van der Waals surface area contributed by atoms with Crippen LogP contribution < -0.4 is 4.74 Å². The zero-order valence-corrected chi connectivity index (χ0v) is 15.2. The van der Waals surface area contributed by atoms with Gasteiger partial charge in [-0.15, -0.1) is 0 Å². The molecule has 0 heterocycles. The Kier molecular flexibility index (Phi) is 4.07. The molecule has 0 saturated heterocycles. The summed E-state index contributed by atoms with van der Waals surface area (Å²) in [5, 5.41) is 40.7. The first-order chi connectivity index (χ1) is 13.7. The monoisotopic (exact) mass is 396 g/mol. The first-order valence-electron chi connectivity index (χ1n) is 8.67. The van der Waals surface area contributed by atoms with Gasteiger partial charge in [0.2, 0.25) is 5.78 Å². The molecule has 2 aromatic rings. The van der Waals surface area contributed by atoms with Crippen molar-refractivity contribution in [1.29, 1.82) is 0 Å². The number of hydrogen-bond donors (Lipinski definition) is 4. The number of benzene rings is 2. The van der Waals surface area contributed by atoms with Crippen LogP contribution in [0.1, 0.15) is 43.0 Å². The van der Waals surface area contributed by atoms with Crippen molar-refractivity contribution in [2.45, 2.75) is 12.0 Å². The molecule has 0 aromatic heterocycles. The second-order valence-electron chi connectivity index (χ2n) is 6.93. The second-order valence-corrected chi connectivity index (χ2v) is 6.93. The molecule has 0 fully saturated rings. The Morgan fingerprint density at radius 3 is 2.48 bits per heavy atom. The lowest BCUT2D eigenvalue weighted by Gasteiger charge is -2.30.